The van der Waals surface area contributed by atoms with Crippen molar-refractivity contribution in [1.29, 1.82) is 5.26 Å². The third kappa shape index (κ3) is 4.16. The molecule has 1 saturated carbocycles. The van der Waals surface area contributed by atoms with Crippen LogP contribution in [0.5, 0.6) is 0 Å². The summed E-state index contributed by atoms with van der Waals surface area (Å²) in [7, 11) is 0. The van der Waals surface area contributed by atoms with Gasteiger partial charge in [0.1, 0.15) is 11.7 Å². The van der Waals surface area contributed by atoms with Crippen molar-refractivity contribution in [3.63, 3.8) is 0 Å². The maximum absolute atomic E-state index is 12.3. The highest BCUT2D eigenvalue weighted by Crippen LogP contribution is 2.32. The number of nitrogens with one attached hydrogen (secondary N) is 1. The van der Waals surface area contributed by atoms with Gasteiger partial charge in [-0.3, -0.25) is 4.79 Å². The summed E-state index contributed by atoms with van der Waals surface area (Å²) in [6, 6.07) is 6.22. The van der Waals surface area contributed by atoms with Crippen LogP contribution in [0, 0.1) is 17.2 Å². The second kappa shape index (κ2) is 7.36. The van der Waals surface area contributed by atoms with E-state index < -0.39 is 5.60 Å². The zero-order valence-corrected chi connectivity index (χ0v) is 15.7. The first-order valence-corrected chi connectivity index (χ1v) is 9.22. The fraction of sp³-hybridized carbons (Fsp3) is 0.550. The number of carbonyl (C=O) groups excluding carboxylic acids is 1. The molecule has 2 aromatic rings. The minimum Gasteiger partial charge on any atom is -0.460 e. The van der Waals surface area contributed by atoms with Crippen LogP contribution in [-0.2, 0) is 9.53 Å². The van der Waals surface area contributed by atoms with Crippen LogP contribution in [0.4, 0.5) is 5.69 Å². The number of hydrogen-bond acceptors (Lipinski definition) is 5. The third-order valence-electron chi connectivity index (χ3n) is 4.77. The molecule has 0 aliphatic heterocycles. The van der Waals surface area contributed by atoms with Crippen LogP contribution >= 0.6 is 0 Å². The van der Waals surface area contributed by atoms with Gasteiger partial charge in [0.05, 0.1) is 29.4 Å². The fourth-order valence-corrected chi connectivity index (χ4v) is 3.65. The standard InChI is InChI=1S/C20H26N4O2/c1-20(2,3)26-18(25)11-14-7-4-5-8-16(14)23-19-15(12-21)13-22-24-10-6-9-17(19)24/h6,9-10,13-14,16,23H,4-5,7-8,11H2,1-3H3/t14-,16+/m0/s1. The van der Waals surface area contributed by atoms with Gasteiger partial charge in [-0.25, -0.2) is 4.52 Å². The molecule has 2 heterocycles. The van der Waals surface area contributed by atoms with Crippen molar-refractivity contribution in [3.05, 3.63) is 30.1 Å². The van der Waals surface area contributed by atoms with E-state index in [0.717, 1.165) is 36.9 Å². The molecule has 0 unspecified atom stereocenters. The predicted molar refractivity (Wildman–Crippen MR) is 99.7 cm³/mol. The van der Waals surface area contributed by atoms with Gasteiger partial charge in [-0.05, 0) is 51.7 Å². The Labute approximate surface area is 154 Å². The topological polar surface area (TPSA) is 79.4 Å². The van der Waals surface area contributed by atoms with Gasteiger partial charge in [0.15, 0.2) is 0 Å². The molecular formula is C20H26N4O2. The summed E-state index contributed by atoms with van der Waals surface area (Å²) in [5.74, 6) is 0.0487. The highest BCUT2D eigenvalue weighted by molar-refractivity contribution is 5.78. The quantitative estimate of drug-likeness (QED) is 0.842. The molecule has 0 spiro atoms. The van der Waals surface area contributed by atoms with Gasteiger partial charge >= 0.3 is 5.97 Å². The number of carbonyl (C=O) groups is 1. The average Bonchev–Trinajstić information content (AvgIpc) is 3.04. The molecule has 1 aliphatic carbocycles. The Balaban J connectivity index is 1.80. The highest BCUT2D eigenvalue weighted by atomic mass is 16.6. The van der Waals surface area contributed by atoms with E-state index in [1.54, 1.807) is 10.7 Å². The summed E-state index contributed by atoms with van der Waals surface area (Å²) in [5.41, 5.74) is 1.74. The number of esters is 1. The van der Waals surface area contributed by atoms with Crippen molar-refractivity contribution in [2.75, 3.05) is 5.32 Å². The largest absolute Gasteiger partial charge is 0.460 e. The summed E-state index contributed by atoms with van der Waals surface area (Å²) in [6.07, 6.45) is 8.05. The SMILES string of the molecule is CC(C)(C)OC(=O)C[C@@H]1CCCC[C@H]1Nc1c(C#N)cnn2cccc12. The van der Waals surface area contributed by atoms with Crippen LogP contribution in [-0.4, -0.2) is 27.2 Å². The van der Waals surface area contributed by atoms with E-state index in [9.17, 15) is 10.1 Å². The van der Waals surface area contributed by atoms with E-state index >= 15 is 0 Å². The Hall–Kier alpha value is -2.55. The van der Waals surface area contributed by atoms with E-state index in [1.165, 1.54) is 0 Å². The van der Waals surface area contributed by atoms with E-state index in [2.05, 4.69) is 16.5 Å². The summed E-state index contributed by atoms with van der Waals surface area (Å²) >= 11 is 0. The van der Waals surface area contributed by atoms with Crippen LogP contribution in [0.2, 0.25) is 0 Å². The molecule has 6 nitrogen and oxygen atoms in total. The smallest absolute Gasteiger partial charge is 0.306 e. The third-order valence-corrected chi connectivity index (χ3v) is 4.77. The zero-order valence-electron chi connectivity index (χ0n) is 15.7. The van der Waals surface area contributed by atoms with Gasteiger partial charge in [-0.1, -0.05) is 12.8 Å². The van der Waals surface area contributed by atoms with Gasteiger partial charge in [-0.2, -0.15) is 10.4 Å². The maximum atomic E-state index is 12.3. The summed E-state index contributed by atoms with van der Waals surface area (Å²) < 4.78 is 7.27. The predicted octanol–water partition coefficient (Wildman–Crippen LogP) is 3.91. The molecule has 1 fully saturated rings. The minimum atomic E-state index is -0.466. The zero-order chi connectivity index (χ0) is 18.7. The molecule has 0 radical (unpaired) electrons. The Morgan fingerprint density at radius 1 is 1.42 bits per heavy atom. The number of aromatic nitrogens is 2. The minimum absolute atomic E-state index is 0.143. The van der Waals surface area contributed by atoms with E-state index in [-0.39, 0.29) is 17.9 Å². The van der Waals surface area contributed by atoms with Crippen molar-refractivity contribution >= 4 is 17.2 Å². The normalized spacial score (nSPS) is 20.5. The van der Waals surface area contributed by atoms with Crippen molar-refractivity contribution < 1.29 is 9.53 Å². The number of nitriles is 1. The number of nitrogens with zero attached hydrogens (tertiary/aromatic N) is 3. The number of anilines is 1. The first-order chi connectivity index (χ1) is 12.4. The highest BCUT2D eigenvalue weighted by Gasteiger charge is 2.30. The van der Waals surface area contributed by atoms with E-state index in [0.29, 0.717) is 12.0 Å². The van der Waals surface area contributed by atoms with E-state index in [1.807, 2.05) is 39.1 Å². The molecule has 1 aliphatic rings. The Kier molecular flexibility index (Phi) is 5.17. The number of hydrogen-bond donors (Lipinski definition) is 1. The summed E-state index contributed by atoms with van der Waals surface area (Å²) in [6.45, 7) is 5.67. The van der Waals surface area contributed by atoms with Crippen LogP contribution in [0.25, 0.3) is 5.52 Å². The Morgan fingerprint density at radius 2 is 2.19 bits per heavy atom. The lowest BCUT2D eigenvalue weighted by Gasteiger charge is -2.33. The molecule has 6 heteroatoms. The van der Waals surface area contributed by atoms with Crippen LogP contribution in [0.1, 0.15) is 58.4 Å². The monoisotopic (exact) mass is 354 g/mol. The lowest BCUT2D eigenvalue weighted by Crippen LogP contribution is -2.35. The van der Waals surface area contributed by atoms with Gasteiger partial charge < -0.3 is 10.1 Å². The molecular weight excluding hydrogens is 328 g/mol. The van der Waals surface area contributed by atoms with Gasteiger partial charge in [-0.15, -0.1) is 0 Å². The Morgan fingerprint density at radius 3 is 2.92 bits per heavy atom. The van der Waals surface area contributed by atoms with Crippen LogP contribution in [0.15, 0.2) is 24.5 Å². The van der Waals surface area contributed by atoms with Crippen molar-refractivity contribution in [2.45, 2.75) is 64.5 Å². The first-order valence-electron chi connectivity index (χ1n) is 9.22. The molecule has 0 bridgehead atoms. The lowest BCUT2D eigenvalue weighted by atomic mass is 9.82. The molecule has 1 N–H and O–H groups in total. The molecule has 0 amide bonds. The summed E-state index contributed by atoms with van der Waals surface area (Å²) in [4.78, 5) is 12.3. The second-order valence-electron chi connectivity index (χ2n) is 7.97. The van der Waals surface area contributed by atoms with Gasteiger partial charge in [0.2, 0.25) is 0 Å². The van der Waals surface area contributed by atoms with Crippen molar-refractivity contribution in [3.8, 4) is 6.07 Å². The lowest BCUT2D eigenvalue weighted by molar-refractivity contribution is -0.156. The van der Waals surface area contributed by atoms with Crippen molar-refractivity contribution in [1.82, 2.24) is 9.61 Å². The molecule has 0 saturated heterocycles. The van der Waals surface area contributed by atoms with Gasteiger partial charge in [0, 0.05) is 12.2 Å². The second-order valence-corrected chi connectivity index (χ2v) is 7.97. The Bertz CT molecular complexity index is 828. The molecule has 2 atom stereocenters. The average molecular weight is 354 g/mol. The summed E-state index contributed by atoms with van der Waals surface area (Å²) in [5, 5.41) is 17.3. The van der Waals surface area contributed by atoms with Crippen LogP contribution in [0.3, 0.4) is 0 Å². The first kappa shape index (κ1) is 18.2. The van der Waals surface area contributed by atoms with E-state index in [4.69, 9.17) is 4.74 Å². The fourth-order valence-electron chi connectivity index (χ4n) is 3.65. The molecule has 0 aromatic carbocycles. The molecule has 26 heavy (non-hydrogen) atoms. The van der Waals surface area contributed by atoms with Crippen LogP contribution < -0.4 is 5.32 Å². The number of ether oxygens (including phenoxy) is 1. The molecule has 138 valence electrons. The molecule has 3 rings (SSSR count). The van der Waals surface area contributed by atoms with Crippen molar-refractivity contribution in [2.24, 2.45) is 5.92 Å². The number of fused-ring (bicyclic) bond motifs is 1. The van der Waals surface area contributed by atoms with Gasteiger partial charge in [0.25, 0.3) is 0 Å². The number of rotatable bonds is 4. The molecule has 2 aromatic heterocycles. The maximum Gasteiger partial charge on any atom is 0.306 e.